The van der Waals surface area contributed by atoms with Gasteiger partial charge in [0.15, 0.2) is 0 Å². The minimum atomic E-state index is -3.84. The summed E-state index contributed by atoms with van der Waals surface area (Å²) in [6.07, 6.45) is 1.81. The maximum atomic E-state index is 13.0. The summed E-state index contributed by atoms with van der Waals surface area (Å²) in [4.78, 5) is 11.9. The molecular formula is C19H21ClN2O4S. The van der Waals surface area contributed by atoms with Crippen LogP contribution >= 0.6 is 11.6 Å². The van der Waals surface area contributed by atoms with Gasteiger partial charge in [-0.05, 0) is 61.6 Å². The maximum Gasteiger partial charge on any atom is 0.262 e. The van der Waals surface area contributed by atoms with Crippen LogP contribution in [-0.4, -0.2) is 21.4 Å². The van der Waals surface area contributed by atoms with Crippen LogP contribution in [0.25, 0.3) is 0 Å². The first-order valence-corrected chi connectivity index (χ1v) is 10.4. The fourth-order valence-electron chi connectivity index (χ4n) is 3.09. The number of benzene rings is 2. The van der Waals surface area contributed by atoms with E-state index in [2.05, 4.69) is 10.0 Å². The van der Waals surface area contributed by atoms with Crippen LogP contribution in [0.4, 0.5) is 11.4 Å². The van der Waals surface area contributed by atoms with Crippen LogP contribution in [0.5, 0.6) is 5.75 Å². The minimum absolute atomic E-state index is 0.0589. The Balaban J connectivity index is 2.03. The van der Waals surface area contributed by atoms with Crippen LogP contribution < -0.4 is 14.8 Å². The van der Waals surface area contributed by atoms with Crippen LogP contribution in [0, 0.1) is 13.8 Å². The van der Waals surface area contributed by atoms with E-state index < -0.39 is 10.0 Å². The molecule has 27 heavy (non-hydrogen) atoms. The predicted molar refractivity (Wildman–Crippen MR) is 106 cm³/mol. The Labute approximate surface area is 163 Å². The van der Waals surface area contributed by atoms with Gasteiger partial charge in [0.25, 0.3) is 10.0 Å². The highest BCUT2D eigenvalue weighted by atomic mass is 35.5. The Morgan fingerprint density at radius 2 is 1.85 bits per heavy atom. The Morgan fingerprint density at radius 1 is 1.11 bits per heavy atom. The number of rotatable bonds is 4. The highest BCUT2D eigenvalue weighted by molar-refractivity contribution is 7.92. The Bertz CT molecular complexity index is 1020. The van der Waals surface area contributed by atoms with E-state index in [0.29, 0.717) is 52.5 Å². The number of methoxy groups -OCH3 is 1. The molecule has 0 bridgehead atoms. The first kappa shape index (κ1) is 19.5. The van der Waals surface area contributed by atoms with E-state index in [1.54, 1.807) is 38.1 Å². The average molecular weight is 409 g/mol. The van der Waals surface area contributed by atoms with E-state index in [0.717, 1.165) is 5.56 Å². The van der Waals surface area contributed by atoms with E-state index in [9.17, 15) is 13.2 Å². The number of carbonyl (C=O) groups is 1. The van der Waals surface area contributed by atoms with Crippen LogP contribution in [-0.2, 0) is 21.2 Å². The van der Waals surface area contributed by atoms with Crippen molar-refractivity contribution in [3.63, 3.8) is 0 Å². The number of halogens is 1. The van der Waals surface area contributed by atoms with Gasteiger partial charge in [-0.15, -0.1) is 0 Å². The molecule has 0 radical (unpaired) electrons. The standard InChI is InChI=1S/C19H21ClN2O4S/c1-11-8-18(12(2)7-14(11)20)27(24,25)22-16-9-13-5-4-6-19(23)21-15(13)10-17(16)26-3/h7-10,22H,4-6H2,1-3H3,(H,21,23). The molecule has 0 aliphatic carbocycles. The third-order valence-corrected chi connectivity index (χ3v) is 6.45. The van der Waals surface area contributed by atoms with Gasteiger partial charge in [-0.1, -0.05) is 11.6 Å². The number of sulfonamides is 1. The topological polar surface area (TPSA) is 84.5 Å². The normalized spacial score (nSPS) is 14.1. The molecule has 6 nitrogen and oxygen atoms in total. The number of fused-ring (bicyclic) bond motifs is 1. The molecule has 0 saturated heterocycles. The molecule has 0 atom stereocenters. The van der Waals surface area contributed by atoms with Crippen molar-refractivity contribution in [1.29, 1.82) is 0 Å². The third-order valence-electron chi connectivity index (χ3n) is 4.54. The lowest BCUT2D eigenvalue weighted by Crippen LogP contribution is -2.16. The fourth-order valence-corrected chi connectivity index (χ4v) is 4.68. The zero-order chi connectivity index (χ0) is 19.8. The predicted octanol–water partition coefficient (Wildman–Crippen LogP) is 4.04. The molecule has 0 unspecified atom stereocenters. The number of amides is 1. The second-order valence-electron chi connectivity index (χ2n) is 6.58. The molecule has 144 valence electrons. The van der Waals surface area contributed by atoms with Crippen LogP contribution in [0.3, 0.4) is 0 Å². The van der Waals surface area contributed by atoms with Gasteiger partial charge in [-0.25, -0.2) is 8.42 Å². The van der Waals surface area contributed by atoms with Crippen molar-refractivity contribution in [1.82, 2.24) is 0 Å². The molecule has 0 saturated carbocycles. The lowest BCUT2D eigenvalue weighted by Gasteiger charge is -2.17. The molecule has 2 aromatic carbocycles. The van der Waals surface area contributed by atoms with Crippen molar-refractivity contribution in [2.45, 2.75) is 38.0 Å². The van der Waals surface area contributed by atoms with Gasteiger partial charge in [-0.3, -0.25) is 9.52 Å². The highest BCUT2D eigenvalue weighted by Gasteiger charge is 2.22. The first-order valence-electron chi connectivity index (χ1n) is 8.51. The largest absolute Gasteiger partial charge is 0.494 e. The minimum Gasteiger partial charge on any atom is -0.494 e. The van der Waals surface area contributed by atoms with E-state index in [1.807, 2.05) is 0 Å². The summed E-state index contributed by atoms with van der Waals surface area (Å²) in [5.74, 6) is 0.277. The molecule has 1 heterocycles. The molecular weight excluding hydrogens is 388 g/mol. The monoisotopic (exact) mass is 408 g/mol. The second-order valence-corrected chi connectivity index (χ2v) is 8.64. The van der Waals surface area contributed by atoms with E-state index in [-0.39, 0.29) is 10.8 Å². The summed E-state index contributed by atoms with van der Waals surface area (Å²) in [6, 6.07) is 6.55. The Hall–Kier alpha value is -2.25. The zero-order valence-corrected chi connectivity index (χ0v) is 16.9. The van der Waals surface area contributed by atoms with E-state index in [4.69, 9.17) is 16.3 Å². The number of nitrogens with one attached hydrogen (secondary N) is 2. The lowest BCUT2D eigenvalue weighted by atomic mass is 10.1. The van der Waals surface area contributed by atoms with Gasteiger partial charge < -0.3 is 10.1 Å². The van der Waals surface area contributed by atoms with Gasteiger partial charge in [-0.2, -0.15) is 0 Å². The molecule has 0 aromatic heterocycles. The maximum absolute atomic E-state index is 13.0. The number of carbonyl (C=O) groups excluding carboxylic acids is 1. The molecule has 1 aliphatic heterocycles. The summed E-state index contributed by atoms with van der Waals surface area (Å²) in [7, 11) is -2.38. The second kappa shape index (κ2) is 7.40. The number of aryl methyl sites for hydroxylation is 3. The number of ether oxygens (including phenoxy) is 1. The van der Waals surface area contributed by atoms with Gasteiger partial charge in [0.1, 0.15) is 5.75 Å². The summed E-state index contributed by atoms with van der Waals surface area (Å²) >= 11 is 6.08. The van der Waals surface area contributed by atoms with Gasteiger partial charge in [0.2, 0.25) is 5.91 Å². The average Bonchev–Trinajstić information content (AvgIpc) is 2.77. The van der Waals surface area contributed by atoms with Crippen molar-refractivity contribution < 1.29 is 17.9 Å². The highest BCUT2D eigenvalue weighted by Crippen LogP contribution is 2.35. The molecule has 3 rings (SSSR count). The van der Waals surface area contributed by atoms with Gasteiger partial charge >= 0.3 is 0 Å². The fraction of sp³-hybridized carbons (Fsp3) is 0.316. The Kier molecular flexibility index (Phi) is 5.35. The van der Waals surface area contributed by atoms with Crippen molar-refractivity contribution in [3.05, 3.63) is 46.0 Å². The molecule has 1 amide bonds. The quantitative estimate of drug-likeness (QED) is 0.799. The summed E-state index contributed by atoms with van der Waals surface area (Å²) in [6.45, 7) is 3.45. The van der Waals surface area contributed by atoms with E-state index in [1.165, 1.54) is 7.11 Å². The van der Waals surface area contributed by atoms with Crippen LogP contribution in [0.1, 0.15) is 29.5 Å². The summed E-state index contributed by atoms with van der Waals surface area (Å²) in [5, 5.41) is 3.35. The lowest BCUT2D eigenvalue weighted by molar-refractivity contribution is -0.116. The SMILES string of the molecule is COc1cc2c(cc1NS(=O)(=O)c1cc(C)c(Cl)cc1C)CCCC(=O)N2. The molecule has 1 aliphatic rings. The van der Waals surface area contributed by atoms with E-state index >= 15 is 0 Å². The molecule has 0 spiro atoms. The third kappa shape index (κ3) is 4.04. The van der Waals surface area contributed by atoms with Crippen molar-refractivity contribution >= 4 is 38.9 Å². The van der Waals surface area contributed by atoms with Crippen LogP contribution in [0.15, 0.2) is 29.2 Å². The smallest absolute Gasteiger partial charge is 0.262 e. The van der Waals surface area contributed by atoms with Gasteiger partial charge in [0, 0.05) is 23.2 Å². The van der Waals surface area contributed by atoms with Crippen molar-refractivity contribution in [3.8, 4) is 5.75 Å². The van der Waals surface area contributed by atoms with Crippen LogP contribution in [0.2, 0.25) is 5.02 Å². The Morgan fingerprint density at radius 3 is 2.56 bits per heavy atom. The molecule has 8 heteroatoms. The zero-order valence-electron chi connectivity index (χ0n) is 15.3. The number of anilines is 2. The summed E-state index contributed by atoms with van der Waals surface area (Å²) < 4.78 is 33.9. The summed E-state index contributed by atoms with van der Waals surface area (Å²) in [5.41, 5.74) is 3.08. The van der Waals surface area contributed by atoms with Gasteiger partial charge in [0.05, 0.1) is 17.7 Å². The molecule has 2 aromatic rings. The van der Waals surface area contributed by atoms with Crippen molar-refractivity contribution in [2.24, 2.45) is 0 Å². The van der Waals surface area contributed by atoms with Crippen molar-refractivity contribution in [2.75, 3.05) is 17.1 Å². The molecule has 0 fully saturated rings. The molecule has 2 N–H and O–H groups in total. The number of hydrogen-bond donors (Lipinski definition) is 2. The first-order chi connectivity index (χ1) is 12.7. The number of hydrogen-bond acceptors (Lipinski definition) is 4.